The number of carbonyl (C=O) groups excluding carboxylic acids is 1. The lowest BCUT2D eigenvalue weighted by atomic mass is 9.98. The molecule has 0 saturated heterocycles. The predicted molar refractivity (Wildman–Crippen MR) is 95.8 cm³/mol. The molecule has 4 nitrogen and oxygen atoms in total. The Hall–Kier alpha value is -0.910. The second kappa shape index (κ2) is 10.1. The summed E-state index contributed by atoms with van der Waals surface area (Å²) in [5.41, 5.74) is 1.28. The number of ether oxygens (including phenoxy) is 1. The van der Waals surface area contributed by atoms with Gasteiger partial charge in [-0.2, -0.15) is 11.3 Å². The predicted octanol–water partition coefficient (Wildman–Crippen LogP) is 3.60. The monoisotopic (exact) mass is 338 g/mol. The van der Waals surface area contributed by atoms with Gasteiger partial charge in [-0.25, -0.2) is 0 Å². The highest BCUT2D eigenvalue weighted by molar-refractivity contribution is 7.07. The zero-order chi connectivity index (χ0) is 16.5. The molecule has 1 aliphatic carbocycles. The number of nitrogens with one attached hydrogen (secondary N) is 1. The van der Waals surface area contributed by atoms with Crippen LogP contribution in [0.2, 0.25) is 0 Å². The minimum atomic E-state index is 0.00274. The van der Waals surface area contributed by atoms with E-state index in [4.69, 9.17) is 4.74 Å². The fraction of sp³-hybridized carbons (Fsp3) is 0.722. The van der Waals surface area contributed by atoms with Gasteiger partial charge in [0.25, 0.3) is 0 Å². The van der Waals surface area contributed by atoms with Crippen LogP contribution in [0.25, 0.3) is 0 Å². The van der Waals surface area contributed by atoms with E-state index in [2.05, 4.69) is 40.9 Å². The Morgan fingerprint density at radius 3 is 2.70 bits per heavy atom. The summed E-state index contributed by atoms with van der Waals surface area (Å²) >= 11 is 1.71. The quantitative estimate of drug-likeness (QED) is 0.748. The van der Waals surface area contributed by atoms with Crippen molar-refractivity contribution in [3.8, 4) is 0 Å². The maximum atomic E-state index is 12.1. The fourth-order valence-electron chi connectivity index (χ4n) is 3.27. The molecule has 5 heteroatoms. The van der Waals surface area contributed by atoms with Crippen LogP contribution in [-0.2, 0) is 9.53 Å². The Balaban J connectivity index is 1.79. The van der Waals surface area contributed by atoms with Gasteiger partial charge in [0, 0.05) is 6.54 Å². The number of rotatable bonds is 9. The van der Waals surface area contributed by atoms with Gasteiger partial charge >= 0.3 is 0 Å². The number of hydrogen-bond donors (Lipinski definition) is 1. The van der Waals surface area contributed by atoms with Crippen molar-refractivity contribution in [3.05, 3.63) is 22.4 Å². The third-order valence-electron chi connectivity index (χ3n) is 4.68. The Labute approximate surface area is 144 Å². The number of likely N-dealkylation sites (N-methyl/N-ethyl adjacent to an activating group) is 1. The smallest absolute Gasteiger partial charge is 0.246 e. The maximum Gasteiger partial charge on any atom is 0.246 e. The van der Waals surface area contributed by atoms with Crippen LogP contribution in [-0.4, -0.2) is 43.2 Å². The first kappa shape index (κ1) is 18.4. The van der Waals surface area contributed by atoms with Crippen molar-refractivity contribution in [1.29, 1.82) is 0 Å². The van der Waals surface area contributed by atoms with Crippen molar-refractivity contribution in [2.45, 2.75) is 58.1 Å². The summed E-state index contributed by atoms with van der Waals surface area (Å²) in [5.74, 6) is 0.00274. The van der Waals surface area contributed by atoms with E-state index >= 15 is 0 Å². The van der Waals surface area contributed by atoms with Gasteiger partial charge < -0.3 is 10.1 Å². The number of nitrogens with zero attached hydrogens (tertiary/aromatic N) is 1. The van der Waals surface area contributed by atoms with Gasteiger partial charge in [0.1, 0.15) is 6.61 Å². The molecule has 0 spiro atoms. The number of carbonyl (C=O) groups is 1. The van der Waals surface area contributed by atoms with Gasteiger partial charge in [-0.15, -0.1) is 0 Å². The average Bonchev–Trinajstić information content (AvgIpc) is 3.12. The molecule has 1 fully saturated rings. The van der Waals surface area contributed by atoms with Crippen molar-refractivity contribution in [2.24, 2.45) is 0 Å². The molecule has 1 saturated carbocycles. The van der Waals surface area contributed by atoms with Crippen LogP contribution in [0.15, 0.2) is 16.8 Å². The van der Waals surface area contributed by atoms with Crippen LogP contribution < -0.4 is 5.32 Å². The lowest BCUT2D eigenvalue weighted by Crippen LogP contribution is -2.39. The lowest BCUT2D eigenvalue weighted by Gasteiger charge is -2.29. The van der Waals surface area contributed by atoms with Crippen molar-refractivity contribution in [2.75, 3.05) is 26.2 Å². The molecule has 1 aromatic heterocycles. The molecular formula is C18H30N2O2S. The van der Waals surface area contributed by atoms with Crippen LogP contribution in [0.3, 0.4) is 0 Å². The van der Waals surface area contributed by atoms with Gasteiger partial charge in [0.15, 0.2) is 0 Å². The largest absolute Gasteiger partial charge is 0.368 e. The van der Waals surface area contributed by atoms with Crippen LogP contribution >= 0.6 is 11.3 Å². The van der Waals surface area contributed by atoms with Gasteiger partial charge in [-0.1, -0.05) is 33.1 Å². The molecule has 23 heavy (non-hydrogen) atoms. The second-order valence-electron chi connectivity index (χ2n) is 6.17. The van der Waals surface area contributed by atoms with Gasteiger partial charge in [-0.3, -0.25) is 9.69 Å². The molecule has 1 amide bonds. The summed E-state index contributed by atoms with van der Waals surface area (Å²) < 4.78 is 5.76. The number of hydrogen-bond acceptors (Lipinski definition) is 4. The highest BCUT2D eigenvalue weighted by Gasteiger charge is 2.20. The first-order valence-corrected chi connectivity index (χ1v) is 9.83. The Morgan fingerprint density at radius 2 is 2.09 bits per heavy atom. The minimum Gasteiger partial charge on any atom is -0.368 e. The van der Waals surface area contributed by atoms with Gasteiger partial charge in [0.05, 0.1) is 12.1 Å². The third-order valence-corrected chi connectivity index (χ3v) is 5.38. The molecule has 130 valence electrons. The summed E-state index contributed by atoms with van der Waals surface area (Å²) in [6.07, 6.45) is 6.25. The molecule has 1 heterocycles. The molecule has 0 aromatic carbocycles. The van der Waals surface area contributed by atoms with E-state index in [9.17, 15) is 4.79 Å². The SMILES string of the molecule is CCN(CC)C(CNC(=O)COC1CCCCC1)c1ccsc1. The van der Waals surface area contributed by atoms with Crippen LogP contribution in [0, 0.1) is 0 Å². The molecule has 0 radical (unpaired) electrons. The van der Waals surface area contributed by atoms with Crippen LogP contribution in [0.5, 0.6) is 0 Å². The second-order valence-corrected chi connectivity index (χ2v) is 6.95. The van der Waals surface area contributed by atoms with E-state index < -0.39 is 0 Å². The molecule has 2 rings (SSSR count). The Bertz CT molecular complexity index is 440. The van der Waals surface area contributed by atoms with Crippen molar-refractivity contribution in [3.63, 3.8) is 0 Å². The number of amides is 1. The number of thiophene rings is 1. The Kier molecular flexibility index (Phi) is 8.06. The van der Waals surface area contributed by atoms with Gasteiger partial charge in [-0.05, 0) is 48.3 Å². The minimum absolute atomic E-state index is 0.00274. The molecule has 0 aliphatic heterocycles. The highest BCUT2D eigenvalue weighted by Crippen LogP contribution is 2.22. The van der Waals surface area contributed by atoms with Gasteiger partial charge in [0.2, 0.25) is 5.91 Å². The molecule has 1 atom stereocenters. The molecule has 1 aliphatic rings. The zero-order valence-corrected chi connectivity index (χ0v) is 15.2. The first-order chi connectivity index (χ1) is 11.2. The molecule has 1 unspecified atom stereocenters. The Morgan fingerprint density at radius 1 is 1.35 bits per heavy atom. The summed E-state index contributed by atoms with van der Waals surface area (Å²) in [6.45, 7) is 7.12. The summed E-state index contributed by atoms with van der Waals surface area (Å²) in [6, 6.07) is 2.40. The van der Waals surface area contributed by atoms with Crippen molar-refractivity contribution in [1.82, 2.24) is 10.2 Å². The zero-order valence-electron chi connectivity index (χ0n) is 14.4. The van der Waals surface area contributed by atoms with E-state index in [1.165, 1.54) is 24.8 Å². The van der Waals surface area contributed by atoms with Crippen molar-refractivity contribution < 1.29 is 9.53 Å². The summed E-state index contributed by atoms with van der Waals surface area (Å²) in [7, 11) is 0. The van der Waals surface area contributed by atoms with Crippen LogP contribution in [0.4, 0.5) is 0 Å². The summed E-state index contributed by atoms with van der Waals surface area (Å²) in [4.78, 5) is 14.5. The molecule has 1 N–H and O–H groups in total. The normalized spacial score (nSPS) is 17.3. The van der Waals surface area contributed by atoms with Crippen LogP contribution in [0.1, 0.15) is 57.6 Å². The van der Waals surface area contributed by atoms with E-state index in [0.717, 1.165) is 25.9 Å². The fourth-order valence-corrected chi connectivity index (χ4v) is 3.98. The lowest BCUT2D eigenvalue weighted by molar-refractivity contribution is -0.128. The highest BCUT2D eigenvalue weighted by atomic mass is 32.1. The average molecular weight is 339 g/mol. The topological polar surface area (TPSA) is 41.6 Å². The molecular weight excluding hydrogens is 308 g/mol. The third kappa shape index (κ3) is 5.90. The molecule has 0 bridgehead atoms. The first-order valence-electron chi connectivity index (χ1n) is 8.89. The van der Waals surface area contributed by atoms with E-state index in [1.54, 1.807) is 11.3 Å². The maximum absolute atomic E-state index is 12.1. The summed E-state index contributed by atoms with van der Waals surface area (Å²) in [5, 5.41) is 7.33. The molecule has 1 aromatic rings. The standard InChI is InChI=1S/C18H30N2O2S/c1-3-20(4-2)17(15-10-11-23-14-15)12-19-18(21)13-22-16-8-6-5-7-9-16/h10-11,14,16-17H,3-9,12-13H2,1-2H3,(H,19,21). The van der Waals surface area contributed by atoms with E-state index in [1.807, 2.05) is 0 Å². The van der Waals surface area contributed by atoms with E-state index in [-0.39, 0.29) is 24.7 Å². The van der Waals surface area contributed by atoms with E-state index in [0.29, 0.717) is 6.54 Å². The van der Waals surface area contributed by atoms with Crippen molar-refractivity contribution >= 4 is 17.2 Å².